The van der Waals surface area contributed by atoms with Crippen LogP contribution in [0.1, 0.15) is 27.7 Å². The number of fused-ring (bicyclic) bond motifs is 2. The van der Waals surface area contributed by atoms with E-state index in [9.17, 15) is 9.59 Å². The van der Waals surface area contributed by atoms with Crippen LogP contribution >= 0.6 is 23.4 Å². The molecule has 5 atom stereocenters. The standard InChI is InChI=1S/C22H30ClN5O5S/c1-5-27(6-2)9-10-28-16-11-15(23)7-8-18(16)34-21-20(32-14(4)30)19(31-13(3)29)17(12-25-26-24)33-22(21)28/h7-8,11,17,19-22H,5-6,9-10,12H2,1-4H3/t17-,19-,20+,21+,22-/m1/s1. The molecule has 0 aliphatic carbocycles. The maximum absolute atomic E-state index is 12.1. The van der Waals surface area contributed by atoms with Crippen molar-refractivity contribution in [2.45, 2.75) is 62.4 Å². The Morgan fingerprint density at radius 3 is 2.53 bits per heavy atom. The zero-order valence-corrected chi connectivity index (χ0v) is 21.3. The summed E-state index contributed by atoms with van der Waals surface area (Å²) in [5, 5.41) is 3.87. The lowest BCUT2D eigenvalue weighted by molar-refractivity contribution is -0.202. The van der Waals surface area contributed by atoms with Gasteiger partial charge in [-0.05, 0) is 36.8 Å². The number of nitrogens with zero attached hydrogens (tertiary/aromatic N) is 5. The molecule has 186 valence electrons. The molecule has 2 aliphatic heterocycles. The largest absolute Gasteiger partial charge is 0.457 e. The van der Waals surface area contributed by atoms with Crippen LogP contribution in [0.15, 0.2) is 28.2 Å². The molecule has 12 heteroatoms. The summed E-state index contributed by atoms with van der Waals surface area (Å²) in [6.45, 7) is 9.96. The SMILES string of the molecule is CCN(CC)CCN1c2cc(Cl)ccc2S[C@H]2[C@@H](OC(C)=O)[C@H](OC(C)=O)[C@@H](CN=[N+]=[N-])O[C@H]21. The highest BCUT2D eigenvalue weighted by Crippen LogP contribution is 2.48. The summed E-state index contributed by atoms with van der Waals surface area (Å²) in [4.78, 5) is 32.2. The van der Waals surface area contributed by atoms with E-state index in [0.717, 1.165) is 30.2 Å². The summed E-state index contributed by atoms with van der Waals surface area (Å²) in [6, 6.07) is 5.64. The van der Waals surface area contributed by atoms with E-state index >= 15 is 0 Å². The Balaban J connectivity index is 2.05. The van der Waals surface area contributed by atoms with Crippen LogP contribution in [-0.2, 0) is 23.8 Å². The molecule has 2 heterocycles. The van der Waals surface area contributed by atoms with Gasteiger partial charge in [-0.3, -0.25) is 9.59 Å². The first kappa shape index (κ1) is 26.4. The van der Waals surface area contributed by atoms with Crippen LogP contribution in [0.3, 0.4) is 0 Å². The minimum absolute atomic E-state index is 0.0770. The van der Waals surface area contributed by atoms with Gasteiger partial charge in [0.25, 0.3) is 0 Å². The lowest BCUT2D eigenvalue weighted by atomic mass is 9.98. The molecule has 1 aromatic carbocycles. The number of carbonyl (C=O) groups is 2. The quantitative estimate of drug-likeness (QED) is 0.212. The number of likely N-dealkylation sites (N-methyl/N-ethyl adjacent to an activating group) is 1. The van der Waals surface area contributed by atoms with Gasteiger partial charge in [0.15, 0.2) is 12.2 Å². The molecule has 0 spiro atoms. The third-order valence-corrected chi connectivity index (χ3v) is 7.50. The Bertz CT molecular complexity index is 942. The molecule has 0 unspecified atom stereocenters. The van der Waals surface area contributed by atoms with Crippen molar-refractivity contribution in [3.63, 3.8) is 0 Å². The van der Waals surface area contributed by atoms with Gasteiger partial charge in [0.2, 0.25) is 0 Å². The van der Waals surface area contributed by atoms with Crippen LogP contribution in [-0.4, -0.2) is 79.4 Å². The van der Waals surface area contributed by atoms with Crippen LogP contribution in [0.25, 0.3) is 10.4 Å². The van der Waals surface area contributed by atoms with Gasteiger partial charge in [-0.25, -0.2) is 0 Å². The topological polar surface area (TPSA) is 117 Å². The zero-order valence-electron chi connectivity index (χ0n) is 19.7. The number of halogens is 1. The molecule has 0 N–H and O–H groups in total. The van der Waals surface area contributed by atoms with E-state index < -0.39 is 36.5 Å². The molecule has 1 saturated heterocycles. The third-order valence-electron chi connectivity index (χ3n) is 5.89. The second-order valence-electron chi connectivity index (χ2n) is 8.04. The molecule has 34 heavy (non-hydrogen) atoms. The number of thioether (sulfide) groups is 1. The molecule has 0 bridgehead atoms. The highest BCUT2D eigenvalue weighted by molar-refractivity contribution is 8.00. The van der Waals surface area contributed by atoms with E-state index in [1.807, 2.05) is 18.2 Å². The lowest BCUT2D eigenvalue weighted by Crippen LogP contribution is -2.65. The number of benzene rings is 1. The van der Waals surface area contributed by atoms with Gasteiger partial charge < -0.3 is 24.0 Å². The fourth-order valence-corrected chi connectivity index (χ4v) is 5.91. The van der Waals surface area contributed by atoms with Crippen molar-refractivity contribution in [2.75, 3.05) is 37.6 Å². The average Bonchev–Trinajstić information content (AvgIpc) is 2.79. The van der Waals surface area contributed by atoms with Crippen LogP contribution in [0.2, 0.25) is 5.02 Å². The van der Waals surface area contributed by atoms with E-state index in [2.05, 4.69) is 33.7 Å². The van der Waals surface area contributed by atoms with Crippen molar-refractivity contribution < 1.29 is 23.8 Å². The first-order valence-electron chi connectivity index (χ1n) is 11.2. The molecule has 0 saturated carbocycles. The van der Waals surface area contributed by atoms with Crippen LogP contribution in [0.5, 0.6) is 0 Å². The number of anilines is 1. The second-order valence-corrected chi connectivity index (χ2v) is 9.70. The Hall–Kier alpha value is -2.17. The Labute approximate surface area is 208 Å². The van der Waals surface area contributed by atoms with Crippen molar-refractivity contribution in [1.29, 1.82) is 0 Å². The van der Waals surface area contributed by atoms with E-state index in [-0.39, 0.29) is 11.8 Å². The summed E-state index contributed by atoms with van der Waals surface area (Å²) in [6.07, 6.45) is -3.03. The van der Waals surface area contributed by atoms with Crippen molar-refractivity contribution >= 4 is 41.0 Å². The number of hydrogen-bond donors (Lipinski definition) is 0. The summed E-state index contributed by atoms with van der Waals surface area (Å²) >= 11 is 7.84. The number of carbonyl (C=O) groups excluding carboxylic acids is 2. The molecule has 0 aromatic heterocycles. The van der Waals surface area contributed by atoms with Gasteiger partial charge >= 0.3 is 11.9 Å². The van der Waals surface area contributed by atoms with Gasteiger partial charge in [0, 0.05) is 41.8 Å². The molecule has 0 radical (unpaired) electrons. The Morgan fingerprint density at radius 2 is 1.91 bits per heavy atom. The maximum atomic E-state index is 12.1. The maximum Gasteiger partial charge on any atom is 0.303 e. The summed E-state index contributed by atoms with van der Waals surface area (Å²) in [5.74, 6) is -1.04. The third kappa shape index (κ3) is 6.09. The van der Waals surface area contributed by atoms with Gasteiger partial charge in [-0.1, -0.05) is 30.6 Å². The van der Waals surface area contributed by atoms with E-state index in [4.69, 9.17) is 31.3 Å². The average molecular weight is 512 g/mol. The van der Waals surface area contributed by atoms with E-state index in [0.29, 0.717) is 11.6 Å². The molecule has 1 fully saturated rings. The lowest BCUT2D eigenvalue weighted by Gasteiger charge is -2.51. The number of ether oxygens (including phenoxy) is 3. The second kappa shape index (κ2) is 12.0. The van der Waals surface area contributed by atoms with Gasteiger partial charge in [0.1, 0.15) is 12.3 Å². The molecule has 1 aromatic rings. The number of rotatable bonds is 9. The number of esters is 2. The summed E-state index contributed by atoms with van der Waals surface area (Å²) in [5.41, 5.74) is 9.81. The van der Waals surface area contributed by atoms with E-state index in [1.165, 1.54) is 25.6 Å². The smallest absolute Gasteiger partial charge is 0.303 e. The fraction of sp³-hybridized carbons (Fsp3) is 0.636. The zero-order chi connectivity index (χ0) is 24.8. The number of hydrogen-bond acceptors (Lipinski definition) is 9. The van der Waals surface area contributed by atoms with Gasteiger partial charge in [0.05, 0.1) is 17.5 Å². The summed E-state index contributed by atoms with van der Waals surface area (Å²) < 4.78 is 17.7. The van der Waals surface area contributed by atoms with Crippen molar-refractivity contribution in [3.8, 4) is 0 Å². The highest BCUT2D eigenvalue weighted by atomic mass is 35.5. The Kier molecular flexibility index (Phi) is 9.32. The fourth-order valence-electron chi connectivity index (χ4n) is 4.33. The van der Waals surface area contributed by atoms with Crippen molar-refractivity contribution in [1.82, 2.24) is 4.90 Å². The summed E-state index contributed by atoms with van der Waals surface area (Å²) in [7, 11) is 0. The van der Waals surface area contributed by atoms with E-state index in [1.54, 1.807) is 0 Å². The van der Waals surface area contributed by atoms with Crippen molar-refractivity contribution in [2.24, 2.45) is 5.11 Å². The van der Waals surface area contributed by atoms with Crippen LogP contribution < -0.4 is 4.90 Å². The predicted molar refractivity (Wildman–Crippen MR) is 130 cm³/mol. The van der Waals surface area contributed by atoms with Gasteiger partial charge in [-0.2, -0.15) is 0 Å². The first-order valence-corrected chi connectivity index (χ1v) is 12.5. The molecular weight excluding hydrogens is 482 g/mol. The monoisotopic (exact) mass is 511 g/mol. The van der Waals surface area contributed by atoms with Crippen LogP contribution in [0.4, 0.5) is 5.69 Å². The highest BCUT2D eigenvalue weighted by Gasteiger charge is 2.53. The molecule has 0 amide bonds. The molecule has 2 aliphatic rings. The molecular formula is C22H30ClN5O5S. The number of azide groups is 1. The molecule has 3 rings (SSSR count). The molecule has 10 nitrogen and oxygen atoms in total. The minimum atomic E-state index is -0.917. The Morgan fingerprint density at radius 1 is 1.24 bits per heavy atom. The predicted octanol–water partition coefficient (Wildman–Crippen LogP) is 3.86. The van der Waals surface area contributed by atoms with Crippen LogP contribution in [0, 0.1) is 0 Å². The normalized spacial score (nSPS) is 25.7. The first-order chi connectivity index (χ1) is 16.3. The van der Waals surface area contributed by atoms with Gasteiger partial charge in [-0.15, -0.1) is 11.8 Å². The minimum Gasteiger partial charge on any atom is -0.457 e. The van der Waals surface area contributed by atoms with Crippen molar-refractivity contribution in [3.05, 3.63) is 33.7 Å².